The van der Waals surface area contributed by atoms with Crippen molar-refractivity contribution in [2.24, 2.45) is 0 Å². The molecule has 0 aliphatic heterocycles. The topological polar surface area (TPSA) is 52.5 Å². The van der Waals surface area contributed by atoms with Crippen molar-refractivity contribution in [2.45, 2.75) is 26.4 Å². The SMILES string of the molecule is Cc1ccc(O)c(C(C)NCc2ccccc2O)c1. The van der Waals surface area contributed by atoms with Gasteiger partial charge in [0.25, 0.3) is 0 Å². The average molecular weight is 257 g/mol. The van der Waals surface area contributed by atoms with Crippen LogP contribution >= 0.6 is 0 Å². The minimum atomic E-state index is 0.0134. The molecule has 0 aromatic heterocycles. The Bertz CT molecular complexity index is 566. The van der Waals surface area contributed by atoms with E-state index in [0.29, 0.717) is 12.3 Å². The third kappa shape index (κ3) is 3.26. The first-order valence-corrected chi connectivity index (χ1v) is 6.37. The number of phenolic OH excluding ortho intramolecular Hbond substituents is 2. The lowest BCUT2D eigenvalue weighted by Crippen LogP contribution is -2.18. The summed E-state index contributed by atoms with van der Waals surface area (Å²) in [4.78, 5) is 0. The highest BCUT2D eigenvalue weighted by Crippen LogP contribution is 2.25. The molecule has 19 heavy (non-hydrogen) atoms. The van der Waals surface area contributed by atoms with E-state index in [2.05, 4.69) is 5.32 Å². The quantitative estimate of drug-likeness (QED) is 0.788. The van der Waals surface area contributed by atoms with Crippen molar-refractivity contribution in [3.8, 4) is 11.5 Å². The van der Waals surface area contributed by atoms with Gasteiger partial charge >= 0.3 is 0 Å². The number of nitrogens with one attached hydrogen (secondary N) is 1. The number of aryl methyl sites for hydroxylation is 1. The van der Waals surface area contributed by atoms with Gasteiger partial charge in [-0.3, -0.25) is 0 Å². The van der Waals surface area contributed by atoms with E-state index < -0.39 is 0 Å². The first-order valence-electron chi connectivity index (χ1n) is 6.37. The lowest BCUT2D eigenvalue weighted by Gasteiger charge is -2.16. The maximum Gasteiger partial charge on any atom is 0.120 e. The summed E-state index contributed by atoms with van der Waals surface area (Å²) in [6.45, 7) is 4.55. The minimum Gasteiger partial charge on any atom is -0.508 e. The number of aromatic hydroxyl groups is 2. The molecule has 0 bridgehead atoms. The Hall–Kier alpha value is -2.00. The molecule has 3 N–H and O–H groups in total. The molecule has 0 fully saturated rings. The van der Waals surface area contributed by atoms with Gasteiger partial charge in [-0.1, -0.05) is 35.9 Å². The number of rotatable bonds is 4. The van der Waals surface area contributed by atoms with Gasteiger partial charge in [0.15, 0.2) is 0 Å². The number of phenols is 2. The molecule has 3 nitrogen and oxygen atoms in total. The molecule has 0 amide bonds. The van der Waals surface area contributed by atoms with E-state index in [-0.39, 0.29) is 11.8 Å². The van der Waals surface area contributed by atoms with Crippen molar-refractivity contribution in [1.82, 2.24) is 5.32 Å². The largest absolute Gasteiger partial charge is 0.508 e. The molecule has 0 saturated carbocycles. The van der Waals surface area contributed by atoms with Gasteiger partial charge in [0, 0.05) is 23.7 Å². The lowest BCUT2D eigenvalue weighted by atomic mass is 10.0. The summed E-state index contributed by atoms with van der Waals surface area (Å²) in [5.41, 5.74) is 2.83. The van der Waals surface area contributed by atoms with Crippen LogP contribution in [0.15, 0.2) is 42.5 Å². The third-order valence-corrected chi connectivity index (χ3v) is 3.24. The molecule has 3 heteroatoms. The highest BCUT2D eigenvalue weighted by Gasteiger charge is 2.10. The predicted octanol–water partition coefficient (Wildman–Crippen LogP) is 3.26. The first-order chi connectivity index (χ1) is 9.08. The summed E-state index contributed by atoms with van der Waals surface area (Å²) in [6.07, 6.45) is 0. The molecule has 0 aliphatic carbocycles. The summed E-state index contributed by atoms with van der Waals surface area (Å²) in [5, 5.41) is 22.9. The molecule has 0 heterocycles. The Morgan fingerprint density at radius 1 is 1.05 bits per heavy atom. The lowest BCUT2D eigenvalue weighted by molar-refractivity contribution is 0.445. The Balaban J connectivity index is 2.07. The van der Waals surface area contributed by atoms with Gasteiger partial charge in [-0.25, -0.2) is 0 Å². The van der Waals surface area contributed by atoms with Gasteiger partial charge in [0.2, 0.25) is 0 Å². The highest BCUT2D eigenvalue weighted by atomic mass is 16.3. The van der Waals surface area contributed by atoms with Crippen LogP contribution in [0.1, 0.15) is 29.7 Å². The fourth-order valence-electron chi connectivity index (χ4n) is 2.05. The van der Waals surface area contributed by atoms with Crippen molar-refractivity contribution >= 4 is 0 Å². The average Bonchev–Trinajstić information content (AvgIpc) is 2.40. The maximum absolute atomic E-state index is 9.87. The number of hydrogen-bond acceptors (Lipinski definition) is 3. The van der Waals surface area contributed by atoms with Crippen molar-refractivity contribution in [3.05, 3.63) is 59.2 Å². The van der Waals surface area contributed by atoms with Crippen molar-refractivity contribution in [1.29, 1.82) is 0 Å². The Kier molecular flexibility index (Phi) is 4.07. The summed E-state index contributed by atoms with van der Waals surface area (Å²) in [7, 11) is 0. The summed E-state index contributed by atoms with van der Waals surface area (Å²) >= 11 is 0. The van der Waals surface area contributed by atoms with E-state index in [9.17, 15) is 10.2 Å². The zero-order valence-electron chi connectivity index (χ0n) is 11.2. The Morgan fingerprint density at radius 2 is 1.79 bits per heavy atom. The van der Waals surface area contributed by atoms with Gasteiger partial charge in [0.05, 0.1) is 0 Å². The van der Waals surface area contributed by atoms with E-state index in [0.717, 1.165) is 16.7 Å². The van der Waals surface area contributed by atoms with E-state index >= 15 is 0 Å². The summed E-state index contributed by atoms with van der Waals surface area (Å²) in [6, 6.07) is 12.8. The van der Waals surface area contributed by atoms with Gasteiger partial charge < -0.3 is 15.5 Å². The molecule has 0 saturated heterocycles. The fraction of sp³-hybridized carbons (Fsp3) is 0.250. The molecule has 100 valence electrons. The van der Waals surface area contributed by atoms with Crippen molar-refractivity contribution < 1.29 is 10.2 Å². The Labute approximate surface area is 113 Å². The highest BCUT2D eigenvalue weighted by molar-refractivity contribution is 5.38. The molecular formula is C16H19NO2. The molecule has 0 aliphatic rings. The van der Waals surface area contributed by atoms with Crippen LogP contribution in [0.4, 0.5) is 0 Å². The molecule has 2 aromatic rings. The van der Waals surface area contributed by atoms with Gasteiger partial charge in [-0.05, 0) is 26.0 Å². The second-order valence-corrected chi connectivity index (χ2v) is 4.79. The van der Waals surface area contributed by atoms with E-state index in [1.54, 1.807) is 18.2 Å². The van der Waals surface area contributed by atoms with Gasteiger partial charge in [0.1, 0.15) is 11.5 Å². The molecule has 1 atom stereocenters. The van der Waals surface area contributed by atoms with Crippen LogP contribution in [0.25, 0.3) is 0 Å². The van der Waals surface area contributed by atoms with Gasteiger partial charge in [-0.15, -0.1) is 0 Å². The second-order valence-electron chi connectivity index (χ2n) is 4.79. The standard InChI is InChI=1S/C16H19NO2/c1-11-7-8-16(19)14(9-11)12(2)17-10-13-5-3-4-6-15(13)18/h3-9,12,17-19H,10H2,1-2H3. The van der Waals surface area contributed by atoms with E-state index in [1.165, 1.54) is 0 Å². The van der Waals surface area contributed by atoms with E-state index in [4.69, 9.17) is 0 Å². The van der Waals surface area contributed by atoms with Crippen molar-refractivity contribution in [3.63, 3.8) is 0 Å². The Morgan fingerprint density at radius 3 is 2.53 bits per heavy atom. The second kappa shape index (κ2) is 5.76. The maximum atomic E-state index is 9.87. The van der Waals surface area contributed by atoms with Crippen LogP contribution in [0.3, 0.4) is 0 Å². The normalized spacial score (nSPS) is 12.3. The fourth-order valence-corrected chi connectivity index (χ4v) is 2.05. The zero-order valence-corrected chi connectivity index (χ0v) is 11.2. The third-order valence-electron chi connectivity index (χ3n) is 3.24. The monoisotopic (exact) mass is 257 g/mol. The molecule has 2 rings (SSSR count). The number of para-hydroxylation sites is 1. The molecule has 2 aromatic carbocycles. The van der Waals surface area contributed by atoms with Crippen LogP contribution < -0.4 is 5.32 Å². The molecule has 1 unspecified atom stereocenters. The van der Waals surface area contributed by atoms with Crippen LogP contribution in [0, 0.1) is 6.92 Å². The van der Waals surface area contributed by atoms with Crippen LogP contribution in [0.5, 0.6) is 11.5 Å². The smallest absolute Gasteiger partial charge is 0.120 e. The summed E-state index contributed by atoms with van der Waals surface area (Å²) in [5.74, 6) is 0.582. The van der Waals surface area contributed by atoms with Crippen molar-refractivity contribution in [2.75, 3.05) is 0 Å². The predicted molar refractivity (Wildman–Crippen MR) is 76.2 cm³/mol. The van der Waals surface area contributed by atoms with Gasteiger partial charge in [-0.2, -0.15) is 0 Å². The zero-order chi connectivity index (χ0) is 13.8. The van der Waals surface area contributed by atoms with Crippen LogP contribution in [-0.2, 0) is 6.54 Å². The first kappa shape index (κ1) is 13.4. The van der Waals surface area contributed by atoms with E-state index in [1.807, 2.05) is 38.1 Å². The van der Waals surface area contributed by atoms with Crippen LogP contribution in [0.2, 0.25) is 0 Å². The molecule has 0 radical (unpaired) electrons. The van der Waals surface area contributed by atoms with Crippen LogP contribution in [-0.4, -0.2) is 10.2 Å². The minimum absolute atomic E-state index is 0.0134. The number of hydrogen-bond donors (Lipinski definition) is 3. The molecule has 0 spiro atoms. The molecular weight excluding hydrogens is 238 g/mol. The summed E-state index contributed by atoms with van der Waals surface area (Å²) < 4.78 is 0. The number of benzene rings is 2.